The maximum absolute atomic E-state index is 13.4. The summed E-state index contributed by atoms with van der Waals surface area (Å²) in [7, 11) is 0. The topological polar surface area (TPSA) is 86.6 Å². The van der Waals surface area contributed by atoms with E-state index in [1.807, 2.05) is 0 Å². The second kappa shape index (κ2) is 6.72. The highest BCUT2D eigenvalue weighted by Crippen LogP contribution is 2.19. The third-order valence-electron chi connectivity index (χ3n) is 2.62. The third-order valence-corrected chi connectivity index (χ3v) is 2.62. The van der Waals surface area contributed by atoms with Crippen LogP contribution in [0.15, 0.2) is 18.2 Å². The van der Waals surface area contributed by atoms with Gasteiger partial charge in [0.25, 0.3) is 5.91 Å². The number of carboxylic acid groups (broad SMARTS) is 1. The zero-order valence-corrected chi connectivity index (χ0v) is 10.5. The average Bonchev–Trinajstić information content (AvgIpc) is 2.27. The predicted molar refractivity (Wildman–Crippen MR) is 66.5 cm³/mol. The summed E-state index contributed by atoms with van der Waals surface area (Å²) in [6.07, 6.45) is 0.901. The maximum Gasteiger partial charge on any atom is 0.303 e. The molecule has 1 aromatic rings. The molecule has 3 N–H and O–H groups in total. The lowest BCUT2D eigenvalue weighted by molar-refractivity contribution is -0.137. The van der Waals surface area contributed by atoms with Crippen LogP contribution in [-0.4, -0.2) is 28.1 Å². The van der Waals surface area contributed by atoms with Crippen LogP contribution in [0.4, 0.5) is 4.39 Å². The van der Waals surface area contributed by atoms with E-state index in [0.29, 0.717) is 12.8 Å². The first-order chi connectivity index (χ1) is 8.91. The maximum atomic E-state index is 13.4. The highest BCUT2D eigenvalue weighted by Gasteiger charge is 2.18. The fourth-order valence-corrected chi connectivity index (χ4v) is 1.67. The molecule has 1 rings (SSSR count). The van der Waals surface area contributed by atoms with Crippen molar-refractivity contribution < 1.29 is 24.2 Å². The quantitative estimate of drug-likeness (QED) is 0.736. The van der Waals surface area contributed by atoms with Crippen LogP contribution in [0.5, 0.6) is 5.75 Å². The molecule has 0 aliphatic carbocycles. The molecule has 0 bridgehead atoms. The number of hydrogen-bond acceptors (Lipinski definition) is 3. The van der Waals surface area contributed by atoms with Crippen molar-refractivity contribution in [1.82, 2.24) is 5.32 Å². The first-order valence-electron chi connectivity index (χ1n) is 5.92. The molecule has 0 saturated heterocycles. The smallest absolute Gasteiger partial charge is 0.303 e. The Labute approximate surface area is 110 Å². The summed E-state index contributed by atoms with van der Waals surface area (Å²) >= 11 is 0. The van der Waals surface area contributed by atoms with Gasteiger partial charge < -0.3 is 15.5 Å². The molecule has 0 fully saturated rings. The second-order valence-corrected chi connectivity index (χ2v) is 4.29. The number of amides is 1. The summed E-state index contributed by atoms with van der Waals surface area (Å²) in [5.41, 5.74) is -0.396. The van der Waals surface area contributed by atoms with E-state index in [1.54, 1.807) is 6.92 Å². The van der Waals surface area contributed by atoms with E-state index < -0.39 is 29.0 Å². The Hall–Kier alpha value is -2.11. The Bertz CT molecular complexity index is 455. The number of nitrogens with one attached hydrogen (secondary N) is 1. The Morgan fingerprint density at radius 2 is 2.11 bits per heavy atom. The Kier molecular flexibility index (Phi) is 5.29. The van der Waals surface area contributed by atoms with E-state index in [2.05, 4.69) is 5.32 Å². The van der Waals surface area contributed by atoms with Gasteiger partial charge >= 0.3 is 5.97 Å². The van der Waals surface area contributed by atoms with Gasteiger partial charge in [0.05, 0.1) is 0 Å². The molecular weight excluding hydrogens is 253 g/mol. The zero-order chi connectivity index (χ0) is 14.4. The molecular formula is C13H16FNO4. The molecule has 1 unspecified atom stereocenters. The Balaban J connectivity index is 2.57. The summed E-state index contributed by atoms with van der Waals surface area (Å²) in [6, 6.07) is 3.32. The number of carbonyl (C=O) groups excluding carboxylic acids is 1. The lowest BCUT2D eigenvalue weighted by Gasteiger charge is -2.14. The fourth-order valence-electron chi connectivity index (χ4n) is 1.67. The molecule has 0 aromatic heterocycles. The number of carbonyl (C=O) groups is 2. The van der Waals surface area contributed by atoms with Crippen molar-refractivity contribution in [2.45, 2.75) is 32.2 Å². The lowest BCUT2D eigenvalue weighted by atomic mass is 10.1. The van der Waals surface area contributed by atoms with Gasteiger partial charge in [-0.25, -0.2) is 4.39 Å². The minimum atomic E-state index is -0.898. The number of benzene rings is 1. The van der Waals surface area contributed by atoms with Crippen molar-refractivity contribution in [2.75, 3.05) is 0 Å². The van der Waals surface area contributed by atoms with Gasteiger partial charge in [0, 0.05) is 12.5 Å². The number of halogens is 1. The largest absolute Gasteiger partial charge is 0.507 e. The number of aliphatic carboxylic acids is 1. The monoisotopic (exact) mass is 269 g/mol. The van der Waals surface area contributed by atoms with Gasteiger partial charge in [-0.1, -0.05) is 6.07 Å². The SMILES string of the molecule is CC(CCCC(=O)O)NC(=O)c1c(O)cccc1F. The molecule has 0 radical (unpaired) electrons. The molecule has 104 valence electrons. The third kappa shape index (κ3) is 4.57. The van der Waals surface area contributed by atoms with Gasteiger partial charge in [-0.3, -0.25) is 9.59 Å². The van der Waals surface area contributed by atoms with Crippen LogP contribution in [0.2, 0.25) is 0 Å². The van der Waals surface area contributed by atoms with Gasteiger partial charge in [-0.15, -0.1) is 0 Å². The number of rotatable bonds is 6. The number of phenolic OH excluding ortho intramolecular Hbond substituents is 1. The molecule has 0 heterocycles. The van der Waals surface area contributed by atoms with E-state index in [-0.39, 0.29) is 12.5 Å². The summed E-state index contributed by atoms with van der Waals surface area (Å²) in [5.74, 6) is -2.82. The minimum absolute atomic E-state index is 0.0190. The van der Waals surface area contributed by atoms with E-state index in [4.69, 9.17) is 5.11 Å². The summed E-state index contributed by atoms with van der Waals surface area (Å²) < 4.78 is 13.4. The highest BCUT2D eigenvalue weighted by atomic mass is 19.1. The summed E-state index contributed by atoms with van der Waals surface area (Å²) in [5, 5.41) is 20.5. The molecule has 0 aliphatic rings. The Morgan fingerprint density at radius 1 is 1.42 bits per heavy atom. The molecule has 6 heteroatoms. The van der Waals surface area contributed by atoms with Crippen LogP contribution in [0, 0.1) is 5.82 Å². The summed E-state index contributed by atoms with van der Waals surface area (Å²) in [6.45, 7) is 1.69. The van der Waals surface area contributed by atoms with Crippen LogP contribution in [-0.2, 0) is 4.79 Å². The number of aromatic hydroxyl groups is 1. The van der Waals surface area contributed by atoms with E-state index >= 15 is 0 Å². The predicted octanol–water partition coefficient (Wildman–Crippen LogP) is 1.90. The number of carboxylic acids is 1. The summed E-state index contributed by atoms with van der Waals surface area (Å²) in [4.78, 5) is 22.1. The molecule has 0 saturated carbocycles. The number of phenols is 1. The first kappa shape index (κ1) is 14.9. The van der Waals surface area contributed by atoms with Gasteiger partial charge in [0.2, 0.25) is 0 Å². The van der Waals surface area contributed by atoms with Crippen molar-refractivity contribution >= 4 is 11.9 Å². The standard InChI is InChI=1S/C13H16FNO4/c1-8(4-2-7-11(17)18)15-13(19)12-9(14)5-3-6-10(12)16/h3,5-6,8,16H,2,4,7H2,1H3,(H,15,19)(H,17,18). The van der Waals surface area contributed by atoms with Crippen molar-refractivity contribution in [3.05, 3.63) is 29.6 Å². The number of hydrogen-bond donors (Lipinski definition) is 3. The Morgan fingerprint density at radius 3 is 2.68 bits per heavy atom. The fraction of sp³-hybridized carbons (Fsp3) is 0.385. The highest BCUT2D eigenvalue weighted by molar-refractivity contribution is 5.97. The van der Waals surface area contributed by atoms with Gasteiger partial charge in [0.15, 0.2) is 0 Å². The molecule has 19 heavy (non-hydrogen) atoms. The molecule has 1 atom stereocenters. The van der Waals surface area contributed by atoms with Gasteiger partial charge in [-0.2, -0.15) is 0 Å². The first-order valence-corrected chi connectivity index (χ1v) is 5.92. The normalized spacial score (nSPS) is 11.9. The minimum Gasteiger partial charge on any atom is -0.507 e. The van der Waals surface area contributed by atoms with Crippen molar-refractivity contribution in [3.63, 3.8) is 0 Å². The average molecular weight is 269 g/mol. The van der Waals surface area contributed by atoms with Crippen LogP contribution in [0.3, 0.4) is 0 Å². The van der Waals surface area contributed by atoms with Crippen LogP contribution in [0.25, 0.3) is 0 Å². The van der Waals surface area contributed by atoms with Crippen LogP contribution in [0.1, 0.15) is 36.5 Å². The van der Waals surface area contributed by atoms with Gasteiger partial charge in [0.1, 0.15) is 17.1 Å². The molecule has 1 aromatic carbocycles. The van der Waals surface area contributed by atoms with Crippen molar-refractivity contribution in [2.24, 2.45) is 0 Å². The molecule has 1 amide bonds. The zero-order valence-electron chi connectivity index (χ0n) is 10.5. The van der Waals surface area contributed by atoms with E-state index in [1.165, 1.54) is 12.1 Å². The molecule has 0 aliphatic heterocycles. The lowest BCUT2D eigenvalue weighted by Crippen LogP contribution is -2.33. The van der Waals surface area contributed by atoms with E-state index in [0.717, 1.165) is 6.07 Å². The van der Waals surface area contributed by atoms with Crippen molar-refractivity contribution in [1.29, 1.82) is 0 Å². The van der Waals surface area contributed by atoms with Crippen LogP contribution < -0.4 is 5.32 Å². The second-order valence-electron chi connectivity index (χ2n) is 4.29. The molecule has 0 spiro atoms. The van der Waals surface area contributed by atoms with Gasteiger partial charge in [-0.05, 0) is 31.9 Å². The van der Waals surface area contributed by atoms with E-state index in [9.17, 15) is 19.1 Å². The molecule has 5 nitrogen and oxygen atoms in total. The van der Waals surface area contributed by atoms with Crippen molar-refractivity contribution in [3.8, 4) is 5.75 Å². The van der Waals surface area contributed by atoms with Crippen LogP contribution >= 0.6 is 0 Å².